The van der Waals surface area contributed by atoms with E-state index in [1.165, 1.54) is 18.4 Å². The lowest BCUT2D eigenvalue weighted by Crippen LogP contribution is -2.56. The fourth-order valence-electron chi connectivity index (χ4n) is 5.78. The van der Waals surface area contributed by atoms with Crippen LogP contribution >= 0.6 is 0 Å². The van der Waals surface area contributed by atoms with Crippen molar-refractivity contribution in [2.45, 2.75) is 32.2 Å². The van der Waals surface area contributed by atoms with Gasteiger partial charge in [-0.25, -0.2) is 17.8 Å². The van der Waals surface area contributed by atoms with Gasteiger partial charge < -0.3 is 18.9 Å². The third-order valence-electron chi connectivity index (χ3n) is 8.21. The Balaban J connectivity index is 1.20. The molecule has 48 heavy (non-hydrogen) atoms. The van der Waals surface area contributed by atoms with Gasteiger partial charge in [-0.2, -0.15) is 0 Å². The highest BCUT2D eigenvalue weighted by molar-refractivity contribution is 7.90. The first kappa shape index (κ1) is 32.9. The first-order valence-electron chi connectivity index (χ1n) is 15.7. The predicted molar refractivity (Wildman–Crippen MR) is 182 cm³/mol. The number of sulfone groups is 1. The number of benzene rings is 4. The summed E-state index contributed by atoms with van der Waals surface area (Å²) in [5.41, 5.74) is 3.27. The highest BCUT2D eigenvalue weighted by Gasteiger charge is 2.35. The van der Waals surface area contributed by atoms with Crippen LogP contribution in [0.3, 0.4) is 0 Å². The minimum Gasteiger partial charge on any atom is -0.489 e. The summed E-state index contributed by atoms with van der Waals surface area (Å²) in [5, 5.41) is 0. The number of rotatable bonds is 13. The maximum atomic E-state index is 13.8. The lowest BCUT2D eigenvalue weighted by atomic mass is 10.1. The van der Waals surface area contributed by atoms with Crippen molar-refractivity contribution in [3.8, 4) is 17.2 Å². The van der Waals surface area contributed by atoms with E-state index in [4.69, 9.17) is 9.47 Å². The Hall–Kier alpha value is -5.00. The van der Waals surface area contributed by atoms with E-state index in [-0.39, 0.29) is 36.6 Å². The van der Waals surface area contributed by atoms with Crippen molar-refractivity contribution in [3.05, 3.63) is 138 Å². The van der Waals surface area contributed by atoms with Gasteiger partial charge in [-0.3, -0.25) is 9.69 Å². The van der Waals surface area contributed by atoms with E-state index in [9.17, 15) is 17.6 Å². The zero-order valence-corrected chi connectivity index (χ0v) is 27.4. The number of halogens is 1. The second kappa shape index (κ2) is 14.8. The topological polar surface area (TPSA) is 94.0 Å². The number of hydrogen-bond acceptors (Lipinski definition) is 7. The Kier molecular flexibility index (Phi) is 10.2. The Morgan fingerprint density at radius 1 is 0.875 bits per heavy atom. The van der Waals surface area contributed by atoms with Crippen LogP contribution in [0.15, 0.2) is 116 Å². The first-order valence-corrected chi connectivity index (χ1v) is 17.8. The number of carbonyl (C=O) groups is 1. The molecule has 0 bridgehead atoms. The summed E-state index contributed by atoms with van der Waals surface area (Å²) in [4.78, 5) is 21.8. The number of ether oxygens (including phenoxy) is 2. The Morgan fingerprint density at radius 3 is 2.44 bits per heavy atom. The highest BCUT2D eigenvalue weighted by atomic mass is 32.2. The van der Waals surface area contributed by atoms with Crippen LogP contribution in [-0.4, -0.2) is 59.9 Å². The fourth-order valence-corrected chi connectivity index (χ4v) is 6.48. The summed E-state index contributed by atoms with van der Waals surface area (Å²) in [5.74, 6) is 1.22. The summed E-state index contributed by atoms with van der Waals surface area (Å²) >= 11 is 0. The van der Waals surface area contributed by atoms with E-state index >= 15 is 0 Å². The van der Waals surface area contributed by atoms with Gasteiger partial charge in [0.25, 0.3) is 0 Å². The number of para-hydroxylation sites is 2. The van der Waals surface area contributed by atoms with Gasteiger partial charge in [-0.1, -0.05) is 60.7 Å². The minimum absolute atomic E-state index is 0.0212. The summed E-state index contributed by atoms with van der Waals surface area (Å²) in [7, 11) is -3.25. The monoisotopic (exact) mass is 668 g/mol. The molecular weight excluding hydrogens is 631 g/mol. The number of carbonyl (C=O) groups excluding carboxylic acids is 1. The largest absolute Gasteiger partial charge is 0.489 e. The zero-order valence-electron chi connectivity index (χ0n) is 26.6. The van der Waals surface area contributed by atoms with Crippen LogP contribution in [0, 0.1) is 5.82 Å². The molecule has 1 atom stereocenters. The first-order chi connectivity index (χ1) is 23.2. The van der Waals surface area contributed by atoms with Gasteiger partial charge in [-0.15, -0.1) is 0 Å². The van der Waals surface area contributed by atoms with Gasteiger partial charge in [0.2, 0.25) is 5.91 Å². The van der Waals surface area contributed by atoms with Crippen molar-refractivity contribution < 1.29 is 27.1 Å². The number of piperazine rings is 1. The molecule has 5 aromatic rings. The lowest BCUT2D eigenvalue weighted by Gasteiger charge is -2.41. The van der Waals surface area contributed by atoms with E-state index in [0.717, 1.165) is 16.8 Å². The quantitative estimate of drug-likeness (QED) is 0.150. The second-order valence-electron chi connectivity index (χ2n) is 11.9. The van der Waals surface area contributed by atoms with E-state index in [2.05, 4.69) is 4.98 Å². The Bertz CT molecular complexity index is 1970. The molecule has 1 saturated heterocycles. The molecule has 1 amide bonds. The Labute approximate surface area is 280 Å². The van der Waals surface area contributed by atoms with Crippen LogP contribution in [0.1, 0.15) is 23.2 Å². The number of hydrogen-bond donors (Lipinski definition) is 0. The molecular formula is C37H37FN4O5S. The minimum atomic E-state index is -3.25. The molecule has 9 nitrogen and oxygen atoms in total. The number of imidazole rings is 1. The third-order valence-corrected chi connectivity index (χ3v) is 9.19. The normalized spacial score (nSPS) is 15.4. The van der Waals surface area contributed by atoms with Crippen LogP contribution in [0.25, 0.3) is 0 Å². The van der Waals surface area contributed by atoms with E-state index < -0.39 is 9.84 Å². The third kappa shape index (κ3) is 8.67. The maximum Gasteiger partial charge on any atom is 0.241 e. The standard InChI is InChI=1S/C37H37FN4O5S/c1-48(44,45)18-17-31-24-42(37(43)25-40(31)23-32-21-39-27-41(32)22-29-11-7-12-30(38)19-29)35-15-5-6-16-36(35)47-34-14-8-13-33(20-34)46-26-28-9-3-2-4-10-28/h2-16,19-21,27,31H,17-18,22-26H2,1H3. The molecule has 1 aliphatic heterocycles. The van der Waals surface area contributed by atoms with Crippen LogP contribution in [0.5, 0.6) is 17.2 Å². The average molecular weight is 669 g/mol. The molecule has 11 heteroatoms. The van der Waals surface area contributed by atoms with Gasteiger partial charge >= 0.3 is 0 Å². The molecule has 1 unspecified atom stereocenters. The average Bonchev–Trinajstić information content (AvgIpc) is 3.50. The molecule has 0 spiro atoms. The molecule has 6 rings (SSSR count). The smallest absolute Gasteiger partial charge is 0.241 e. The second-order valence-corrected chi connectivity index (χ2v) is 14.2. The molecule has 4 aromatic carbocycles. The summed E-state index contributed by atoms with van der Waals surface area (Å²) in [6.45, 7) is 1.54. The van der Waals surface area contributed by atoms with Gasteiger partial charge in [0.15, 0.2) is 5.75 Å². The molecule has 248 valence electrons. The van der Waals surface area contributed by atoms with Crippen molar-refractivity contribution >= 4 is 21.4 Å². The van der Waals surface area contributed by atoms with Gasteiger partial charge in [-0.05, 0) is 53.9 Å². The van der Waals surface area contributed by atoms with Gasteiger partial charge in [0, 0.05) is 44.2 Å². The van der Waals surface area contributed by atoms with Crippen molar-refractivity contribution in [1.29, 1.82) is 0 Å². The summed E-state index contributed by atoms with van der Waals surface area (Å²) < 4.78 is 52.5. The zero-order chi connectivity index (χ0) is 33.5. The number of anilines is 1. The fraction of sp³-hybridized carbons (Fsp3) is 0.243. The SMILES string of the molecule is CS(=O)(=O)CCC1CN(c2ccccc2Oc2cccc(OCc3ccccc3)c2)C(=O)CN1Cc1cncn1Cc1cccc(F)c1. The summed E-state index contributed by atoms with van der Waals surface area (Å²) in [6, 6.07) is 30.7. The molecule has 1 fully saturated rings. The van der Waals surface area contributed by atoms with Crippen LogP contribution in [-0.2, 0) is 34.3 Å². The van der Waals surface area contributed by atoms with Crippen molar-refractivity contribution in [1.82, 2.24) is 14.5 Å². The van der Waals surface area contributed by atoms with E-state index in [1.54, 1.807) is 29.6 Å². The van der Waals surface area contributed by atoms with Crippen molar-refractivity contribution in [3.63, 3.8) is 0 Å². The Morgan fingerprint density at radius 2 is 1.62 bits per heavy atom. The van der Waals surface area contributed by atoms with E-state index in [0.29, 0.717) is 49.1 Å². The molecule has 0 radical (unpaired) electrons. The highest BCUT2D eigenvalue weighted by Crippen LogP contribution is 2.35. The molecule has 2 heterocycles. The summed E-state index contributed by atoms with van der Waals surface area (Å²) in [6.07, 6.45) is 4.96. The number of nitrogens with zero attached hydrogens (tertiary/aromatic N) is 4. The van der Waals surface area contributed by atoms with E-state index in [1.807, 2.05) is 88.3 Å². The lowest BCUT2D eigenvalue weighted by molar-refractivity contribution is -0.122. The van der Waals surface area contributed by atoms with Crippen LogP contribution in [0.4, 0.5) is 10.1 Å². The number of aromatic nitrogens is 2. The molecule has 0 N–H and O–H groups in total. The van der Waals surface area contributed by atoms with Crippen molar-refractivity contribution in [2.75, 3.05) is 30.0 Å². The number of amides is 1. The van der Waals surface area contributed by atoms with Crippen LogP contribution in [0.2, 0.25) is 0 Å². The maximum absolute atomic E-state index is 13.8. The van der Waals surface area contributed by atoms with Crippen molar-refractivity contribution in [2.24, 2.45) is 0 Å². The molecule has 1 aliphatic rings. The molecule has 1 aromatic heterocycles. The van der Waals surface area contributed by atoms with Gasteiger partial charge in [0.05, 0.1) is 30.0 Å². The van der Waals surface area contributed by atoms with Gasteiger partial charge in [0.1, 0.15) is 33.8 Å². The predicted octanol–water partition coefficient (Wildman–Crippen LogP) is 6.09. The molecule has 0 saturated carbocycles. The molecule has 0 aliphatic carbocycles. The van der Waals surface area contributed by atoms with Crippen LogP contribution < -0.4 is 14.4 Å².